The highest BCUT2D eigenvalue weighted by Crippen LogP contribution is 2.35. The molecule has 1 fully saturated rings. The molecule has 2 amide bonds. The summed E-state index contributed by atoms with van der Waals surface area (Å²) in [4.78, 5) is 26.8. The molecule has 0 aliphatic carbocycles. The highest BCUT2D eigenvalue weighted by molar-refractivity contribution is 14.1. The molecule has 1 heterocycles. The van der Waals surface area contributed by atoms with Crippen LogP contribution in [0.5, 0.6) is 5.75 Å². The monoisotopic (exact) mass is 615 g/mol. The zero-order chi connectivity index (χ0) is 20.3. The minimum Gasteiger partial charge on any atom is -0.479 e. The molecule has 0 saturated carbocycles. The van der Waals surface area contributed by atoms with Gasteiger partial charge in [0.2, 0.25) is 0 Å². The van der Waals surface area contributed by atoms with Crippen LogP contribution < -0.4 is 4.74 Å². The molecule has 2 aromatic rings. The third kappa shape index (κ3) is 4.90. The summed E-state index contributed by atoms with van der Waals surface area (Å²) in [5, 5.41) is -0.254. The van der Waals surface area contributed by atoms with Gasteiger partial charge in [-0.25, -0.2) is 0 Å². The maximum absolute atomic E-state index is 12.7. The number of aryl methyl sites for hydroxylation is 1. The molecule has 28 heavy (non-hydrogen) atoms. The Labute approximate surface area is 195 Å². The molecule has 1 saturated heterocycles. The molecular formula is C21H15I2NO3S. The van der Waals surface area contributed by atoms with Crippen molar-refractivity contribution >= 4 is 74.2 Å². The Balaban J connectivity index is 1.81. The number of carbonyl (C=O) groups excluding carboxylic acids is 2. The summed E-state index contributed by atoms with van der Waals surface area (Å²) in [6.07, 6.45) is 7.00. The zero-order valence-corrected chi connectivity index (χ0v) is 20.0. The molecule has 0 aromatic heterocycles. The van der Waals surface area contributed by atoms with E-state index in [1.54, 1.807) is 6.08 Å². The van der Waals surface area contributed by atoms with Gasteiger partial charge in [-0.3, -0.25) is 14.5 Å². The predicted molar refractivity (Wildman–Crippen MR) is 129 cm³/mol. The van der Waals surface area contributed by atoms with Crippen LogP contribution in [0.2, 0.25) is 0 Å². The molecule has 4 nitrogen and oxygen atoms in total. The van der Waals surface area contributed by atoms with Crippen LogP contribution in [0.25, 0.3) is 6.08 Å². The molecule has 7 heteroatoms. The fourth-order valence-electron chi connectivity index (χ4n) is 2.58. The van der Waals surface area contributed by atoms with Crippen molar-refractivity contribution in [3.63, 3.8) is 0 Å². The number of rotatable bonds is 5. The highest BCUT2D eigenvalue weighted by atomic mass is 127. The summed E-state index contributed by atoms with van der Waals surface area (Å²) in [6, 6.07) is 11.6. The number of carbonyl (C=O) groups is 2. The molecule has 0 radical (unpaired) electrons. The zero-order valence-electron chi connectivity index (χ0n) is 14.9. The molecule has 142 valence electrons. The van der Waals surface area contributed by atoms with Crippen LogP contribution in [0.3, 0.4) is 0 Å². The van der Waals surface area contributed by atoms with Gasteiger partial charge in [-0.1, -0.05) is 35.7 Å². The van der Waals surface area contributed by atoms with Crippen molar-refractivity contribution in [2.45, 2.75) is 13.5 Å². The Hall–Kier alpha value is -1.51. The third-order valence-corrected chi connectivity index (χ3v) is 6.46. The summed E-state index contributed by atoms with van der Waals surface area (Å²) in [7, 11) is 0. The quantitative estimate of drug-likeness (QED) is 0.255. The number of hydrogen-bond donors (Lipinski definition) is 0. The van der Waals surface area contributed by atoms with E-state index >= 15 is 0 Å². The van der Waals surface area contributed by atoms with Crippen molar-refractivity contribution in [3.05, 3.63) is 65.1 Å². The smallest absolute Gasteiger partial charge is 0.293 e. The van der Waals surface area contributed by atoms with E-state index in [2.05, 4.69) is 51.1 Å². The minimum absolute atomic E-state index is 0.198. The number of hydrogen-bond acceptors (Lipinski definition) is 4. The van der Waals surface area contributed by atoms with Crippen LogP contribution in [0.1, 0.15) is 16.7 Å². The first kappa shape index (κ1) is 21.2. The lowest BCUT2D eigenvalue weighted by Gasteiger charge is -2.12. The third-order valence-electron chi connectivity index (χ3n) is 3.95. The lowest BCUT2D eigenvalue weighted by atomic mass is 10.1. The van der Waals surface area contributed by atoms with E-state index < -0.39 is 0 Å². The van der Waals surface area contributed by atoms with E-state index in [4.69, 9.17) is 11.2 Å². The molecular weight excluding hydrogens is 600 g/mol. The van der Waals surface area contributed by atoms with Crippen LogP contribution >= 0.6 is 56.9 Å². The van der Waals surface area contributed by atoms with Gasteiger partial charge in [0.25, 0.3) is 11.1 Å². The van der Waals surface area contributed by atoms with Crippen LogP contribution in [-0.2, 0) is 11.3 Å². The molecule has 1 aliphatic rings. The maximum Gasteiger partial charge on any atom is 0.293 e. The van der Waals surface area contributed by atoms with Gasteiger partial charge in [-0.2, -0.15) is 0 Å². The number of amides is 2. The largest absolute Gasteiger partial charge is 0.479 e. The number of benzene rings is 2. The van der Waals surface area contributed by atoms with E-state index in [1.165, 1.54) is 4.90 Å². The van der Waals surface area contributed by atoms with Gasteiger partial charge in [0.05, 0.1) is 18.6 Å². The molecule has 0 spiro atoms. The standard InChI is InChI=1S/C21H15I2NO3S/c1-3-8-27-19-16(22)9-15(10-17(19)23)11-18-20(25)24(21(26)28-18)12-14-6-4-13(2)5-7-14/h1,4-7,9-11H,8,12H2,2H3/b18-11-. The first-order valence-electron chi connectivity index (χ1n) is 8.25. The van der Waals surface area contributed by atoms with E-state index in [0.717, 1.165) is 41.3 Å². The summed E-state index contributed by atoms with van der Waals surface area (Å²) < 4.78 is 7.35. The van der Waals surface area contributed by atoms with E-state index in [9.17, 15) is 9.59 Å². The second-order valence-corrected chi connectivity index (χ2v) is 9.38. The number of terminal acetylenes is 1. The second kappa shape index (κ2) is 9.33. The van der Waals surface area contributed by atoms with Crippen LogP contribution in [0.15, 0.2) is 41.3 Å². The van der Waals surface area contributed by atoms with Crippen molar-refractivity contribution in [2.75, 3.05) is 6.61 Å². The van der Waals surface area contributed by atoms with E-state index in [0.29, 0.717) is 4.91 Å². The van der Waals surface area contributed by atoms with Gasteiger partial charge >= 0.3 is 0 Å². The summed E-state index contributed by atoms with van der Waals surface area (Å²) in [5.41, 5.74) is 2.90. The Morgan fingerprint density at radius 1 is 1.18 bits per heavy atom. The number of halogens is 2. The van der Waals surface area contributed by atoms with Gasteiger partial charge in [0, 0.05) is 0 Å². The van der Waals surface area contributed by atoms with Gasteiger partial charge in [-0.05, 0) is 93.2 Å². The molecule has 0 atom stereocenters. The molecule has 0 bridgehead atoms. The van der Waals surface area contributed by atoms with Crippen molar-refractivity contribution in [1.82, 2.24) is 4.90 Å². The van der Waals surface area contributed by atoms with Crippen molar-refractivity contribution < 1.29 is 14.3 Å². The average molecular weight is 615 g/mol. The van der Waals surface area contributed by atoms with Crippen LogP contribution in [0.4, 0.5) is 4.79 Å². The van der Waals surface area contributed by atoms with Gasteiger partial charge in [-0.15, -0.1) is 6.42 Å². The Bertz CT molecular complexity index is 986. The summed E-state index contributed by atoms with van der Waals surface area (Å²) >= 11 is 5.31. The lowest BCUT2D eigenvalue weighted by Crippen LogP contribution is -2.27. The van der Waals surface area contributed by atoms with Gasteiger partial charge < -0.3 is 4.74 Å². The van der Waals surface area contributed by atoms with Gasteiger partial charge in [0.15, 0.2) is 0 Å². The highest BCUT2D eigenvalue weighted by Gasteiger charge is 2.35. The van der Waals surface area contributed by atoms with E-state index in [-0.39, 0.29) is 24.3 Å². The average Bonchev–Trinajstić information content (AvgIpc) is 2.90. The van der Waals surface area contributed by atoms with Crippen LogP contribution in [0, 0.1) is 26.4 Å². The molecule has 1 aliphatic heterocycles. The summed E-state index contributed by atoms with van der Waals surface area (Å²) in [6.45, 7) is 2.47. The Morgan fingerprint density at radius 3 is 2.43 bits per heavy atom. The lowest BCUT2D eigenvalue weighted by molar-refractivity contribution is -0.123. The fraction of sp³-hybridized carbons (Fsp3) is 0.143. The van der Waals surface area contributed by atoms with Gasteiger partial charge in [0.1, 0.15) is 12.4 Å². The Kier molecular flexibility index (Phi) is 7.06. The first-order valence-corrected chi connectivity index (χ1v) is 11.2. The maximum atomic E-state index is 12.7. The van der Waals surface area contributed by atoms with Crippen molar-refractivity contribution in [2.24, 2.45) is 0 Å². The van der Waals surface area contributed by atoms with E-state index in [1.807, 2.05) is 43.3 Å². The first-order chi connectivity index (χ1) is 13.4. The second-order valence-electron chi connectivity index (χ2n) is 6.06. The number of ether oxygens (including phenoxy) is 1. The van der Waals surface area contributed by atoms with Crippen molar-refractivity contribution in [3.8, 4) is 18.1 Å². The number of imide groups is 1. The fourth-order valence-corrected chi connectivity index (χ4v) is 5.54. The number of thioether (sulfide) groups is 1. The minimum atomic E-state index is -0.270. The SMILES string of the molecule is C#CCOc1c(I)cc(/C=C2\SC(=O)N(Cc3ccc(C)cc3)C2=O)cc1I. The van der Waals surface area contributed by atoms with Crippen LogP contribution in [-0.4, -0.2) is 22.7 Å². The predicted octanol–water partition coefficient (Wildman–Crippen LogP) is 5.45. The molecule has 3 rings (SSSR count). The topological polar surface area (TPSA) is 46.6 Å². The molecule has 0 unspecified atom stereocenters. The summed E-state index contributed by atoms with van der Waals surface area (Å²) in [5.74, 6) is 2.91. The number of nitrogens with zero attached hydrogens (tertiary/aromatic N) is 1. The van der Waals surface area contributed by atoms with Crippen molar-refractivity contribution in [1.29, 1.82) is 0 Å². The molecule has 2 aromatic carbocycles. The molecule has 0 N–H and O–H groups in total. The normalized spacial score (nSPS) is 15.2. The Morgan fingerprint density at radius 2 is 1.82 bits per heavy atom.